The third-order valence-electron chi connectivity index (χ3n) is 5.03. The molecule has 0 bridgehead atoms. The maximum atomic E-state index is 14.3. The first-order chi connectivity index (χ1) is 13.7. The second-order valence-corrected chi connectivity index (χ2v) is 7.34. The van der Waals surface area contributed by atoms with Gasteiger partial charge in [-0.05, 0) is 18.9 Å². The Morgan fingerprint density at radius 1 is 1.36 bits per heavy atom. The third kappa shape index (κ3) is 3.94. The van der Waals surface area contributed by atoms with Gasteiger partial charge in [-0.15, -0.1) is 0 Å². The molecule has 28 heavy (non-hydrogen) atoms. The van der Waals surface area contributed by atoms with Crippen LogP contribution < -0.4 is 5.32 Å². The number of aromatic amines is 1. The van der Waals surface area contributed by atoms with E-state index in [1.807, 2.05) is 0 Å². The van der Waals surface area contributed by atoms with Crippen LogP contribution >= 0.6 is 11.6 Å². The van der Waals surface area contributed by atoms with Gasteiger partial charge < -0.3 is 15.0 Å². The number of ether oxygens (including phenoxy) is 1. The molecule has 0 aromatic carbocycles. The molecule has 4 heterocycles. The second kappa shape index (κ2) is 8.38. The topological polar surface area (TPSA) is 79.0 Å². The Morgan fingerprint density at radius 2 is 2.25 bits per heavy atom. The van der Waals surface area contributed by atoms with E-state index in [4.69, 9.17) is 16.3 Å². The highest BCUT2D eigenvalue weighted by molar-refractivity contribution is 6.31. The fourth-order valence-corrected chi connectivity index (χ4v) is 3.78. The van der Waals surface area contributed by atoms with Gasteiger partial charge in [0.1, 0.15) is 5.65 Å². The van der Waals surface area contributed by atoms with Crippen molar-refractivity contribution in [3.05, 3.63) is 35.5 Å². The second-order valence-electron chi connectivity index (χ2n) is 6.90. The van der Waals surface area contributed by atoms with Crippen LogP contribution in [0.25, 0.3) is 22.4 Å². The zero-order valence-electron chi connectivity index (χ0n) is 15.6. The molecule has 148 valence electrons. The summed E-state index contributed by atoms with van der Waals surface area (Å²) < 4.78 is 19.6. The number of nitrogens with zero attached hydrogens (tertiary/aromatic N) is 4. The Kier molecular flexibility index (Phi) is 5.70. The fourth-order valence-electron chi connectivity index (χ4n) is 3.63. The van der Waals surface area contributed by atoms with Gasteiger partial charge in [-0.25, -0.2) is 19.3 Å². The van der Waals surface area contributed by atoms with Crippen LogP contribution in [-0.2, 0) is 4.74 Å². The SMILES string of the molecule is COCN1CCCCC1CNc1nc(-c2c[nH]c3ncc(Cl)cc23)ncc1F. The van der Waals surface area contributed by atoms with Crippen LogP contribution in [0.4, 0.5) is 10.2 Å². The highest BCUT2D eigenvalue weighted by Crippen LogP contribution is 2.28. The standard InChI is InChI=1S/C19H22ClFN6O/c1-28-11-27-5-3-2-4-13(27)8-23-19-16(21)10-25-18(26-19)15-9-24-17-14(15)6-12(20)7-22-17/h6-7,9-10,13H,2-5,8,11H2,1H3,(H,22,24)(H,23,25,26). The third-order valence-corrected chi connectivity index (χ3v) is 5.24. The number of aromatic nitrogens is 4. The summed E-state index contributed by atoms with van der Waals surface area (Å²) in [5.74, 6) is 0.128. The summed E-state index contributed by atoms with van der Waals surface area (Å²) in [7, 11) is 1.69. The van der Waals surface area contributed by atoms with Gasteiger partial charge >= 0.3 is 0 Å². The molecular weight excluding hydrogens is 383 g/mol. The molecule has 0 aliphatic carbocycles. The predicted octanol–water partition coefficient (Wildman–Crippen LogP) is 3.68. The van der Waals surface area contributed by atoms with Crippen molar-refractivity contribution in [1.82, 2.24) is 24.8 Å². The van der Waals surface area contributed by atoms with Crippen LogP contribution in [-0.4, -0.2) is 57.8 Å². The summed E-state index contributed by atoms with van der Waals surface area (Å²) in [6.45, 7) is 2.16. The zero-order valence-corrected chi connectivity index (χ0v) is 16.3. The number of likely N-dealkylation sites (tertiary alicyclic amines) is 1. The Labute approximate surface area is 167 Å². The maximum absolute atomic E-state index is 14.3. The Hall–Kier alpha value is -2.29. The van der Waals surface area contributed by atoms with Gasteiger partial charge in [0.15, 0.2) is 17.5 Å². The number of piperidine rings is 1. The number of halogens is 2. The van der Waals surface area contributed by atoms with Crippen LogP contribution in [0.3, 0.4) is 0 Å². The quantitative estimate of drug-likeness (QED) is 0.652. The number of H-pyrrole nitrogens is 1. The minimum Gasteiger partial charge on any atom is -0.369 e. The number of hydrogen-bond acceptors (Lipinski definition) is 6. The molecule has 0 spiro atoms. The summed E-state index contributed by atoms with van der Waals surface area (Å²) in [6.07, 6.45) is 7.87. The van der Waals surface area contributed by atoms with Crippen LogP contribution in [0.2, 0.25) is 5.02 Å². The maximum Gasteiger partial charge on any atom is 0.183 e. The number of rotatable bonds is 6. The largest absolute Gasteiger partial charge is 0.369 e. The molecule has 0 saturated carbocycles. The van der Waals surface area contributed by atoms with Gasteiger partial charge in [0, 0.05) is 49.6 Å². The van der Waals surface area contributed by atoms with Gasteiger partial charge in [0.05, 0.1) is 18.0 Å². The molecule has 0 radical (unpaired) electrons. The first-order valence-corrected chi connectivity index (χ1v) is 9.66. The molecule has 2 N–H and O–H groups in total. The minimum atomic E-state index is -0.478. The minimum absolute atomic E-state index is 0.192. The molecule has 1 aliphatic rings. The molecule has 3 aromatic rings. The Balaban J connectivity index is 1.56. The highest BCUT2D eigenvalue weighted by Gasteiger charge is 2.22. The molecule has 7 nitrogen and oxygen atoms in total. The summed E-state index contributed by atoms with van der Waals surface area (Å²) in [6, 6.07) is 2.07. The lowest BCUT2D eigenvalue weighted by Crippen LogP contribution is -2.44. The first-order valence-electron chi connectivity index (χ1n) is 9.28. The Bertz CT molecular complexity index is 963. The number of nitrogens with one attached hydrogen (secondary N) is 2. The fraction of sp³-hybridized carbons (Fsp3) is 0.421. The van der Waals surface area contributed by atoms with Crippen LogP contribution in [0, 0.1) is 5.82 Å². The summed E-state index contributed by atoms with van der Waals surface area (Å²) >= 11 is 6.06. The molecule has 9 heteroatoms. The Morgan fingerprint density at radius 3 is 3.11 bits per heavy atom. The molecule has 3 aromatic heterocycles. The average Bonchev–Trinajstić information content (AvgIpc) is 3.11. The van der Waals surface area contributed by atoms with Gasteiger partial charge in [-0.1, -0.05) is 18.0 Å². The summed E-state index contributed by atoms with van der Waals surface area (Å²) in [4.78, 5) is 18.1. The predicted molar refractivity (Wildman–Crippen MR) is 107 cm³/mol. The molecule has 1 fully saturated rings. The van der Waals surface area contributed by atoms with Crippen molar-refractivity contribution >= 4 is 28.5 Å². The number of methoxy groups -OCH3 is 1. The van der Waals surface area contributed by atoms with Crippen molar-refractivity contribution in [3.8, 4) is 11.4 Å². The van der Waals surface area contributed by atoms with E-state index in [-0.39, 0.29) is 11.9 Å². The van der Waals surface area contributed by atoms with Crippen molar-refractivity contribution in [2.75, 3.05) is 32.2 Å². The lowest BCUT2D eigenvalue weighted by molar-refractivity contribution is 0.0193. The van der Waals surface area contributed by atoms with Crippen LogP contribution in [0.5, 0.6) is 0 Å². The molecule has 1 unspecified atom stereocenters. The van der Waals surface area contributed by atoms with E-state index in [9.17, 15) is 4.39 Å². The average molecular weight is 405 g/mol. The molecule has 4 rings (SSSR count). The van der Waals surface area contributed by atoms with Crippen LogP contribution in [0.15, 0.2) is 24.7 Å². The van der Waals surface area contributed by atoms with Gasteiger partial charge in [0.2, 0.25) is 0 Å². The first kappa shape index (κ1) is 19.0. The zero-order chi connectivity index (χ0) is 19.5. The summed E-state index contributed by atoms with van der Waals surface area (Å²) in [5, 5.41) is 4.47. The highest BCUT2D eigenvalue weighted by atomic mass is 35.5. The van der Waals surface area contributed by atoms with E-state index >= 15 is 0 Å². The van der Waals surface area contributed by atoms with Crippen molar-refractivity contribution < 1.29 is 9.13 Å². The van der Waals surface area contributed by atoms with Gasteiger partial charge in [-0.2, -0.15) is 0 Å². The smallest absolute Gasteiger partial charge is 0.183 e. The van der Waals surface area contributed by atoms with Crippen LogP contribution in [0.1, 0.15) is 19.3 Å². The van der Waals surface area contributed by atoms with Crippen molar-refractivity contribution in [1.29, 1.82) is 0 Å². The van der Waals surface area contributed by atoms with E-state index in [0.717, 1.165) is 36.8 Å². The number of anilines is 1. The van der Waals surface area contributed by atoms with E-state index in [1.165, 1.54) is 6.20 Å². The van der Waals surface area contributed by atoms with Crippen molar-refractivity contribution in [2.45, 2.75) is 25.3 Å². The molecule has 1 atom stereocenters. The lowest BCUT2D eigenvalue weighted by atomic mass is 10.0. The van der Waals surface area contributed by atoms with Crippen molar-refractivity contribution in [2.24, 2.45) is 0 Å². The normalized spacial score (nSPS) is 17.9. The number of fused-ring (bicyclic) bond motifs is 1. The van der Waals surface area contributed by atoms with E-state index < -0.39 is 5.82 Å². The number of hydrogen-bond donors (Lipinski definition) is 2. The molecule has 0 amide bonds. The van der Waals surface area contributed by atoms with Crippen molar-refractivity contribution in [3.63, 3.8) is 0 Å². The van der Waals surface area contributed by atoms with E-state index in [1.54, 1.807) is 25.6 Å². The van der Waals surface area contributed by atoms with E-state index in [0.29, 0.717) is 29.8 Å². The number of pyridine rings is 1. The van der Waals surface area contributed by atoms with Gasteiger partial charge in [0.25, 0.3) is 0 Å². The molecular formula is C19H22ClFN6O. The molecule has 1 aliphatic heterocycles. The monoisotopic (exact) mass is 404 g/mol. The van der Waals surface area contributed by atoms with Gasteiger partial charge in [-0.3, -0.25) is 4.90 Å². The van der Waals surface area contributed by atoms with E-state index in [2.05, 4.69) is 30.2 Å². The summed E-state index contributed by atoms with van der Waals surface area (Å²) in [5.41, 5.74) is 1.41. The lowest BCUT2D eigenvalue weighted by Gasteiger charge is -2.35. The molecule has 1 saturated heterocycles.